The molecule has 2 saturated heterocycles. The Hall–Kier alpha value is -4.67. The van der Waals surface area contributed by atoms with Crippen LogP contribution in [-0.4, -0.2) is 97.2 Å². The van der Waals surface area contributed by atoms with Gasteiger partial charge in [-0.25, -0.2) is 4.79 Å². The average Bonchev–Trinajstić information content (AvgIpc) is 3.76. The first-order valence-electron chi connectivity index (χ1n) is 18.8. The van der Waals surface area contributed by atoms with Crippen LogP contribution < -0.4 is 29.0 Å². The lowest BCUT2D eigenvalue weighted by Crippen LogP contribution is -2.70. The van der Waals surface area contributed by atoms with Gasteiger partial charge >= 0.3 is 11.9 Å². The summed E-state index contributed by atoms with van der Waals surface area (Å²) in [5, 5.41) is 29.0. The Kier molecular flexibility index (Phi) is 7.92. The molecular weight excluding hydrogens is 743 g/mol. The molecule has 0 amide bonds. The molecule has 4 aromatic rings. The molecule has 9 heterocycles. The third-order valence-corrected chi connectivity index (χ3v) is 14.1. The van der Waals surface area contributed by atoms with Gasteiger partial charge in [0.2, 0.25) is 6.79 Å². The summed E-state index contributed by atoms with van der Waals surface area (Å²) in [6.45, 7) is 5.54. The molecule has 8 aliphatic rings. The number of esters is 2. The van der Waals surface area contributed by atoms with Crippen molar-refractivity contribution in [2.24, 2.45) is 0 Å². The fraction of sp³-hybridized carbons (Fsp3) is 0.463. The van der Waals surface area contributed by atoms with Crippen LogP contribution in [0.1, 0.15) is 69.0 Å². The first kappa shape index (κ1) is 35.7. The number of fused-ring (bicyclic) bond motifs is 8. The molecule has 0 saturated carbocycles. The maximum Gasteiger partial charge on any atom is 0.335 e. The summed E-state index contributed by atoms with van der Waals surface area (Å²) in [6, 6.07) is 5.74. The van der Waals surface area contributed by atoms with Gasteiger partial charge in [0.05, 0.1) is 31.6 Å². The van der Waals surface area contributed by atoms with Crippen LogP contribution in [0.15, 0.2) is 28.7 Å². The number of hydrogen-bond acceptors (Lipinski definition) is 15. The topological polar surface area (TPSA) is 162 Å². The number of thioether (sulfide) groups is 1. The lowest BCUT2D eigenvalue weighted by Gasteiger charge is -2.60. The van der Waals surface area contributed by atoms with Crippen LogP contribution >= 0.6 is 11.8 Å². The van der Waals surface area contributed by atoms with Gasteiger partial charge < -0.3 is 43.1 Å². The molecule has 1 spiro atoms. The molecule has 56 heavy (non-hydrogen) atoms. The first-order chi connectivity index (χ1) is 26.9. The number of furan rings is 1. The molecule has 0 radical (unpaired) electrons. The smallest absolute Gasteiger partial charge is 0.335 e. The third-order valence-electron chi connectivity index (χ3n) is 12.6. The molecule has 2 fully saturated rings. The van der Waals surface area contributed by atoms with E-state index in [1.807, 2.05) is 45.2 Å². The third kappa shape index (κ3) is 4.71. The van der Waals surface area contributed by atoms with Crippen LogP contribution in [0.5, 0.6) is 34.5 Å². The van der Waals surface area contributed by atoms with Crippen molar-refractivity contribution in [2.75, 3.05) is 53.5 Å². The Morgan fingerprint density at radius 3 is 2.62 bits per heavy atom. The van der Waals surface area contributed by atoms with Crippen LogP contribution in [0.3, 0.4) is 0 Å². The predicted octanol–water partition coefficient (Wildman–Crippen LogP) is 4.46. The minimum Gasteiger partial charge on any atom is -0.504 e. The van der Waals surface area contributed by atoms with Gasteiger partial charge in [0, 0.05) is 71.4 Å². The van der Waals surface area contributed by atoms with E-state index in [1.165, 1.54) is 25.8 Å². The molecule has 14 nitrogen and oxygen atoms in total. The van der Waals surface area contributed by atoms with Crippen LogP contribution in [0.4, 0.5) is 0 Å². The normalized spacial score (nSPS) is 29.9. The fourth-order valence-electron chi connectivity index (χ4n) is 10.5. The number of hydrogen-bond donors (Lipinski definition) is 3. The van der Waals surface area contributed by atoms with Gasteiger partial charge in [-0.15, -0.1) is 11.8 Å². The monoisotopic (exact) mass is 785 g/mol. The molecule has 12 rings (SSSR count). The number of aromatic hydroxyl groups is 1. The second-order valence-electron chi connectivity index (χ2n) is 15.7. The SMILES string of the molecule is COc1ccc2oc3c(c2c1)CCN[C@]31CS[C@@H]2c3c(OC(C)=O)c(C)c4c(c3C(COC1=O)N1[C@@H]2[C@H]2c3c(cc(C)c(OC)c3O)C[C@]1(O)CN2C)OCO4. The highest BCUT2D eigenvalue weighted by molar-refractivity contribution is 7.99. The molecule has 0 aliphatic carbocycles. The molecule has 1 aromatic heterocycles. The number of ether oxygens (including phenoxy) is 6. The molecule has 7 atom stereocenters. The number of rotatable bonds is 3. The number of piperazine rings is 1. The van der Waals surface area contributed by atoms with Gasteiger partial charge in [-0.1, -0.05) is 6.07 Å². The fourth-order valence-corrected chi connectivity index (χ4v) is 12.2. The predicted molar refractivity (Wildman–Crippen MR) is 203 cm³/mol. The second kappa shape index (κ2) is 12.4. The number of nitrogens with zero attached hydrogens (tertiary/aromatic N) is 2. The van der Waals surface area contributed by atoms with E-state index in [4.69, 9.17) is 32.8 Å². The summed E-state index contributed by atoms with van der Waals surface area (Å²) < 4.78 is 42.8. The number of carbonyl (C=O) groups excluding carboxylic acids is 2. The Balaban J connectivity index is 1.24. The van der Waals surface area contributed by atoms with Gasteiger partial charge in [0.1, 0.15) is 35.2 Å². The van der Waals surface area contributed by atoms with E-state index in [0.29, 0.717) is 75.3 Å². The average molecular weight is 786 g/mol. The number of aliphatic hydroxyl groups is 1. The number of aryl methyl sites for hydroxylation is 1. The largest absolute Gasteiger partial charge is 0.504 e. The maximum absolute atomic E-state index is 14.9. The molecular formula is C41H43N3O11S. The van der Waals surface area contributed by atoms with Crippen molar-refractivity contribution in [1.82, 2.24) is 15.1 Å². The van der Waals surface area contributed by atoms with E-state index < -0.39 is 46.6 Å². The van der Waals surface area contributed by atoms with Crippen molar-refractivity contribution in [3.63, 3.8) is 0 Å². The van der Waals surface area contributed by atoms with E-state index in [9.17, 15) is 19.8 Å². The number of carbonyl (C=O) groups is 2. The Labute approximate surface area is 326 Å². The maximum atomic E-state index is 14.9. The van der Waals surface area contributed by atoms with Gasteiger partial charge in [-0.2, -0.15) is 0 Å². The summed E-state index contributed by atoms with van der Waals surface area (Å²) in [4.78, 5) is 32.0. The minimum absolute atomic E-state index is 0.0184. The van der Waals surface area contributed by atoms with E-state index in [-0.39, 0.29) is 37.9 Å². The van der Waals surface area contributed by atoms with Crippen molar-refractivity contribution in [3.05, 3.63) is 69.0 Å². The molecule has 8 aliphatic heterocycles. The highest BCUT2D eigenvalue weighted by atomic mass is 32.2. The zero-order chi connectivity index (χ0) is 39.0. The number of nitrogens with one attached hydrogen (secondary N) is 1. The van der Waals surface area contributed by atoms with Gasteiger partial charge in [-0.3, -0.25) is 19.9 Å². The quantitative estimate of drug-likeness (QED) is 0.197. The summed E-state index contributed by atoms with van der Waals surface area (Å²) in [6.07, 6.45) is 0.797. The van der Waals surface area contributed by atoms with Crippen molar-refractivity contribution in [3.8, 4) is 34.5 Å². The van der Waals surface area contributed by atoms with Gasteiger partial charge in [-0.05, 0) is 56.6 Å². The van der Waals surface area contributed by atoms with Gasteiger partial charge in [0.15, 0.2) is 28.5 Å². The second-order valence-corrected chi connectivity index (χ2v) is 16.8. The van der Waals surface area contributed by atoms with Crippen LogP contribution in [-0.2, 0) is 32.7 Å². The summed E-state index contributed by atoms with van der Waals surface area (Å²) in [5.74, 6) is 1.93. The molecule has 3 aromatic carbocycles. The number of phenols is 1. The van der Waals surface area contributed by atoms with Gasteiger partial charge in [0.25, 0.3) is 0 Å². The van der Waals surface area contributed by atoms with E-state index in [1.54, 1.807) is 7.11 Å². The highest BCUT2D eigenvalue weighted by Gasteiger charge is 2.64. The summed E-state index contributed by atoms with van der Waals surface area (Å²) >= 11 is 1.49. The van der Waals surface area contributed by atoms with Crippen LogP contribution in [0.25, 0.3) is 11.0 Å². The first-order valence-corrected chi connectivity index (χ1v) is 19.8. The lowest BCUT2D eigenvalue weighted by atomic mass is 9.78. The Bertz CT molecular complexity index is 2380. The minimum atomic E-state index is -1.51. The van der Waals surface area contributed by atoms with Crippen molar-refractivity contribution < 1.29 is 52.6 Å². The van der Waals surface area contributed by atoms with E-state index in [0.717, 1.165) is 22.1 Å². The Morgan fingerprint density at radius 2 is 1.86 bits per heavy atom. The van der Waals surface area contributed by atoms with Crippen molar-refractivity contribution in [1.29, 1.82) is 0 Å². The molecule has 294 valence electrons. The zero-order valence-electron chi connectivity index (χ0n) is 31.9. The number of benzene rings is 3. The number of likely N-dealkylation sites (N-methyl/N-ethyl adjacent to an activating group) is 1. The molecule has 3 N–H and O–H groups in total. The van der Waals surface area contributed by atoms with E-state index in [2.05, 4.69) is 15.1 Å². The van der Waals surface area contributed by atoms with Crippen molar-refractivity contribution in [2.45, 2.75) is 68.3 Å². The standard InChI is InChI=1S/C41H43N3O11S/c1-18-11-21-13-40(48)15-43(4)30(27(21)32(46)33(18)50-6)31-37-29-28(36-35(52-17-53-36)19(2)34(29)54-20(3)45)25(44(31)40)14-51-39(47)41(16-56-37)38-23(9-10-42-41)24-12-22(49-5)7-8-26(24)55-38/h7-8,11-12,25,30-31,37,42,46,48H,9-10,13-17H2,1-6H3/t25?,30-,31-,37-,40+,41-/m1/s1. The Morgan fingerprint density at radius 1 is 1.05 bits per heavy atom. The van der Waals surface area contributed by atoms with Crippen LogP contribution in [0, 0.1) is 13.8 Å². The van der Waals surface area contributed by atoms with Crippen molar-refractivity contribution >= 4 is 34.7 Å². The van der Waals surface area contributed by atoms with E-state index >= 15 is 0 Å². The lowest BCUT2D eigenvalue weighted by molar-refractivity contribution is -0.215. The molecule has 15 heteroatoms. The number of methoxy groups -OCH3 is 2. The molecule has 2 unspecified atom stereocenters. The summed E-state index contributed by atoms with van der Waals surface area (Å²) in [7, 11) is 5.10. The molecule has 4 bridgehead atoms. The highest BCUT2D eigenvalue weighted by Crippen LogP contribution is 2.65. The zero-order valence-corrected chi connectivity index (χ0v) is 32.8. The summed E-state index contributed by atoms with van der Waals surface area (Å²) in [5.41, 5.74) is 2.76. The van der Waals surface area contributed by atoms with Crippen LogP contribution in [0.2, 0.25) is 0 Å². The number of phenolic OH excluding ortho intramolecular Hbond substituents is 1.